The van der Waals surface area contributed by atoms with E-state index in [1.807, 2.05) is 63.2 Å². The van der Waals surface area contributed by atoms with Crippen LogP contribution in [-0.2, 0) is 4.79 Å². The maximum Gasteiger partial charge on any atom is 0.251 e. The Kier molecular flexibility index (Phi) is 6.52. The van der Waals surface area contributed by atoms with E-state index in [1.165, 1.54) is 0 Å². The van der Waals surface area contributed by atoms with Gasteiger partial charge in [0.25, 0.3) is 5.91 Å². The number of hydrogen-bond donors (Lipinski definition) is 3. The Bertz CT molecular complexity index is 740. The first kappa shape index (κ1) is 19.7. The lowest BCUT2D eigenvalue weighted by Gasteiger charge is -2.26. The van der Waals surface area contributed by atoms with Gasteiger partial charge in [-0.15, -0.1) is 0 Å². The highest BCUT2D eigenvalue weighted by Crippen LogP contribution is 2.18. The maximum absolute atomic E-state index is 12.6. The fourth-order valence-electron chi connectivity index (χ4n) is 2.55. The van der Waals surface area contributed by atoms with Gasteiger partial charge in [-0.2, -0.15) is 0 Å². The van der Waals surface area contributed by atoms with Crippen molar-refractivity contribution in [1.29, 1.82) is 0 Å². The Morgan fingerprint density at radius 2 is 1.65 bits per heavy atom. The molecule has 26 heavy (non-hydrogen) atoms. The first-order valence-corrected chi connectivity index (χ1v) is 8.74. The Balaban J connectivity index is 2.15. The van der Waals surface area contributed by atoms with Crippen LogP contribution in [-0.4, -0.2) is 23.9 Å². The Hall–Kier alpha value is -2.66. The van der Waals surface area contributed by atoms with Crippen LogP contribution >= 0.6 is 0 Å². The minimum absolute atomic E-state index is 0.144. The van der Waals surface area contributed by atoms with Crippen molar-refractivity contribution in [1.82, 2.24) is 10.6 Å². The average Bonchev–Trinajstić information content (AvgIpc) is 2.62. The topological polar surface area (TPSA) is 84.2 Å². The van der Waals surface area contributed by atoms with Crippen molar-refractivity contribution in [3.63, 3.8) is 0 Å². The van der Waals surface area contributed by atoms with Crippen molar-refractivity contribution in [3.05, 3.63) is 71.3 Å². The van der Waals surface area contributed by atoms with Crippen molar-refractivity contribution in [3.8, 4) is 0 Å². The van der Waals surface area contributed by atoms with E-state index in [-0.39, 0.29) is 18.2 Å². The molecule has 0 aliphatic heterocycles. The van der Waals surface area contributed by atoms with Crippen molar-refractivity contribution >= 4 is 11.8 Å². The van der Waals surface area contributed by atoms with Gasteiger partial charge >= 0.3 is 0 Å². The lowest BCUT2D eigenvalue weighted by molar-refractivity contribution is -0.123. The Labute approximate surface area is 155 Å². The average molecular weight is 353 g/mol. The van der Waals surface area contributed by atoms with Gasteiger partial charge in [0.1, 0.15) is 0 Å². The molecule has 0 fully saturated rings. The minimum atomic E-state index is -0.487. The third kappa shape index (κ3) is 5.70. The summed E-state index contributed by atoms with van der Waals surface area (Å²) in [5.41, 5.74) is 7.73. The van der Waals surface area contributed by atoms with E-state index in [4.69, 9.17) is 5.73 Å². The third-order valence-corrected chi connectivity index (χ3v) is 4.20. The predicted molar refractivity (Wildman–Crippen MR) is 104 cm³/mol. The summed E-state index contributed by atoms with van der Waals surface area (Å²) < 4.78 is 0. The Morgan fingerprint density at radius 1 is 1.04 bits per heavy atom. The summed E-state index contributed by atoms with van der Waals surface area (Å²) in [4.78, 5) is 25.0. The first-order valence-electron chi connectivity index (χ1n) is 8.74. The van der Waals surface area contributed by atoms with Crippen LogP contribution < -0.4 is 16.4 Å². The van der Waals surface area contributed by atoms with E-state index in [1.54, 1.807) is 12.1 Å². The molecule has 5 heteroatoms. The van der Waals surface area contributed by atoms with Crippen LogP contribution in [0.25, 0.3) is 0 Å². The van der Waals surface area contributed by atoms with Crippen molar-refractivity contribution in [2.24, 2.45) is 5.73 Å². The molecule has 0 spiro atoms. The molecule has 0 aromatic heterocycles. The van der Waals surface area contributed by atoms with Gasteiger partial charge in [0, 0.05) is 17.6 Å². The molecular formula is C21H27N3O2. The lowest BCUT2D eigenvalue weighted by atomic mass is 10.0. The van der Waals surface area contributed by atoms with Crippen LogP contribution in [0.3, 0.4) is 0 Å². The summed E-state index contributed by atoms with van der Waals surface area (Å²) in [7, 11) is 0. The first-order chi connectivity index (χ1) is 12.3. The molecule has 2 rings (SSSR count). The SMILES string of the molecule is Cc1ccc(C(=O)NC(CC(=O)NC(C)(C)CN)c2ccccc2)cc1. The van der Waals surface area contributed by atoms with Gasteiger partial charge < -0.3 is 16.4 Å². The summed E-state index contributed by atoms with van der Waals surface area (Å²) >= 11 is 0. The van der Waals surface area contributed by atoms with E-state index < -0.39 is 11.6 Å². The molecule has 5 nitrogen and oxygen atoms in total. The van der Waals surface area contributed by atoms with Crippen LogP contribution in [0.1, 0.15) is 47.8 Å². The molecule has 0 saturated heterocycles. The second-order valence-corrected chi connectivity index (χ2v) is 7.14. The molecule has 0 radical (unpaired) electrons. The molecule has 4 N–H and O–H groups in total. The fraction of sp³-hybridized carbons (Fsp3) is 0.333. The highest BCUT2D eigenvalue weighted by Gasteiger charge is 2.23. The van der Waals surface area contributed by atoms with E-state index in [9.17, 15) is 9.59 Å². The summed E-state index contributed by atoms with van der Waals surface area (Å²) in [5, 5.41) is 5.88. The third-order valence-electron chi connectivity index (χ3n) is 4.20. The summed E-state index contributed by atoms with van der Waals surface area (Å²) in [5.74, 6) is -0.358. The van der Waals surface area contributed by atoms with Crippen molar-refractivity contribution in [2.75, 3.05) is 6.54 Å². The normalized spacial score (nSPS) is 12.3. The van der Waals surface area contributed by atoms with Gasteiger partial charge in [0.2, 0.25) is 5.91 Å². The van der Waals surface area contributed by atoms with Crippen LogP contribution in [0, 0.1) is 6.92 Å². The number of rotatable bonds is 7. The van der Waals surface area contributed by atoms with Crippen molar-refractivity contribution in [2.45, 2.75) is 38.8 Å². The van der Waals surface area contributed by atoms with E-state index >= 15 is 0 Å². The number of carbonyl (C=O) groups excluding carboxylic acids is 2. The highest BCUT2D eigenvalue weighted by atomic mass is 16.2. The molecule has 2 amide bonds. The molecule has 0 aliphatic rings. The van der Waals surface area contributed by atoms with Crippen LogP contribution in [0.2, 0.25) is 0 Å². The minimum Gasteiger partial charge on any atom is -0.350 e. The van der Waals surface area contributed by atoms with Crippen LogP contribution in [0.4, 0.5) is 0 Å². The van der Waals surface area contributed by atoms with Crippen LogP contribution in [0.15, 0.2) is 54.6 Å². The highest BCUT2D eigenvalue weighted by molar-refractivity contribution is 5.94. The van der Waals surface area contributed by atoms with Gasteiger partial charge in [-0.3, -0.25) is 9.59 Å². The zero-order chi connectivity index (χ0) is 19.2. The molecule has 1 atom stereocenters. The molecular weight excluding hydrogens is 326 g/mol. The lowest BCUT2D eigenvalue weighted by Crippen LogP contribution is -2.49. The molecule has 2 aromatic rings. The number of benzene rings is 2. The van der Waals surface area contributed by atoms with Gasteiger partial charge in [0.15, 0.2) is 0 Å². The summed E-state index contributed by atoms with van der Waals surface area (Å²) in [6.45, 7) is 6.04. The molecule has 2 aromatic carbocycles. The summed E-state index contributed by atoms with van der Waals surface area (Å²) in [6.07, 6.45) is 0.144. The predicted octanol–water partition coefficient (Wildman–Crippen LogP) is 2.71. The van der Waals surface area contributed by atoms with Gasteiger partial charge in [-0.25, -0.2) is 0 Å². The quantitative estimate of drug-likeness (QED) is 0.715. The zero-order valence-corrected chi connectivity index (χ0v) is 15.6. The number of amides is 2. The van der Waals surface area contributed by atoms with Gasteiger partial charge in [-0.05, 0) is 38.5 Å². The molecule has 0 heterocycles. The standard InChI is InChI=1S/C21H27N3O2/c1-15-9-11-17(12-10-15)20(26)23-18(16-7-5-4-6-8-16)13-19(25)24-21(2,3)14-22/h4-12,18H,13-14,22H2,1-3H3,(H,23,26)(H,24,25). The van der Waals surface area contributed by atoms with E-state index in [0.717, 1.165) is 11.1 Å². The molecule has 138 valence electrons. The number of aryl methyl sites for hydroxylation is 1. The number of nitrogens with one attached hydrogen (secondary N) is 2. The number of nitrogens with two attached hydrogens (primary N) is 1. The smallest absolute Gasteiger partial charge is 0.251 e. The van der Waals surface area contributed by atoms with E-state index in [2.05, 4.69) is 10.6 Å². The zero-order valence-electron chi connectivity index (χ0n) is 15.6. The largest absolute Gasteiger partial charge is 0.350 e. The maximum atomic E-state index is 12.6. The van der Waals surface area contributed by atoms with Gasteiger partial charge in [0.05, 0.1) is 12.5 Å². The molecule has 0 bridgehead atoms. The second kappa shape index (κ2) is 8.63. The Morgan fingerprint density at radius 3 is 2.23 bits per heavy atom. The molecule has 0 aliphatic carbocycles. The van der Waals surface area contributed by atoms with E-state index in [0.29, 0.717) is 12.1 Å². The fourth-order valence-corrected chi connectivity index (χ4v) is 2.55. The molecule has 0 saturated carbocycles. The second-order valence-electron chi connectivity index (χ2n) is 7.14. The van der Waals surface area contributed by atoms with Crippen molar-refractivity contribution < 1.29 is 9.59 Å². The van der Waals surface area contributed by atoms with Crippen LogP contribution in [0.5, 0.6) is 0 Å². The summed E-state index contributed by atoms with van der Waals surface area (Å²) in [6, 6.07) is 16.4. The van der Waals surface area contributed by atoms with Gasteiger partial charge in [-0.1, -0.05) is 48.0 Å². The number of carbonyl (C=O) groups is 2. The molecule has 1 unspecified atom stereocenters. The monoisotopic (exact) mass is 353 g/mol. The number of hydrogen-bond acceptors (Lipinski definition) is 3.